The van der Waals surface area contributed by atoms with Gasteiger partial charge in [0.1, 0.15) is 0 Å². The molecule has 3 fully saturated rings. The van der Waals surface area contributed by atoms with E-state index >= 15 is 0 Å². The summed E-state index contributed by atoms with van der Waals surface area (Å²) in [6.07, 6.45) is 0. The van der Waals surface area contributed by atoms with Crippen molar-refractivity contribution in [3.05, 3.63) is 12.2 Å². The van der Waals surface area contributed by atoms with Gasteiger partial charge in [0.2, 0.25) is 11.8 Å². The highest BCUT2D eigenvalue weighted by molar-refractivity contribution is 5.99. The molecular weight excluding hydrogens is 280 g/mol. The smallest absolute Gasteiger partial charge is 0.231 e. The Bertz CT molecular complexity index is 435. The topological polar surface area (TPSA) is 47.1 Å². The van der Waals surface area contributed by atoms with Crippen LogP contribution in [0.4, 0.5) is 0 Å². The summed E-state index contributed by atoms with van der Waals surface area (Å²) in [7, 11) is 4.13. The SMILES string of the molecule is C=C1C(C(=O)N2CCN(C)CC2)[C@H]1C(=O)N1CCN(C)CC1. The highest BCUT2D eigenvalue weighted by Crippen LogP contribution is 2.46. The molecule has 3 rings (SSSR count). The van der Waals surface area contributed by atoms with Crippen molar-refractivity contribution in [3.8, 4) is 0 Å². The van der Waals surface area contributed by atoms with E-state index in [2.05, 4.69) is 30.5 Å². The number of likely N-dealkylation sites (N-methyl/N-ethyl adjacent to an activating group) is 2. The van der Waals surface area contributed by atoms with Gasteiger partial charge in [0.15, 0.2) is 0 Å². The van der Waals surface area contributed by atoms with Crippen molar-refractivity contribution in [3.63, 3.8) is 0 Å². The van der Waals surface area contributed by atoms with Crippen molar-refractivity contribution in [2.75, 3.05) is 66.5 Å². The number of carbonyl (C=O) groups excluding carboxylic acids is 2. The summed E-state index contributed by atoms with van der Waals surface area (Å²) in [6.45, 7) is 10.6. The maximum absolute atomic E-state index is 12.6. The van der Waals surface area contributed by atoms with Crippen LogP contribution in [0.1, 0.15) is 0 Å². The molecule has 6 nitrogen and oxygen atoms in total. The van der Waals surface area contributed by atoms with Crippen LogP contribution in [0.3, 0.4) is 0 Å². The van der Waals surface area contributed by atoms with Crippen LogP contribution in [0.25, 0.3) is 0 Å². The van der Waals surface area contributed by atoms with Gasteiger partial charge in [-0.15, -0.1) is 0 Å². The fraction of sp³-hybridized carbons (Fsp3) is 0.750. The zero-order chi connectivity index (χ0) is 15.9. The molecule has 1 saturated carbocycles. The Hall–Kier alpha value is -1.40. The predicted molar refractivity (Wildman–Crippen MR) is 84.3 cm³/mol. The van der Waals surface area contributed by atoms with E-state index in [0.29, 0.717) is 0 Å². The number of carbonyl (C=O) groups is 2. The predicted octanol–water partition coefficient (Wildman–Crippen LogP) is -0.663. The number of amides is 2. The standard InChI is InChI=1S/C16H26N4O2/c1-12-13(15(21)19-8-4-17(2)5-9-19)14(12)16(22)20-10-6-18(3)7-11-20/h13-14H,1,4-11H2,2-3H3/t13-,14?/m0/s1. The Morgan fingerprint density at radius 1 is 0.773 bits per heavy atom. The van der Waals surface area contributed by atoms with E-state index in [-0.39, 0.29) is 23.7 Å². The molecule has 2 atom stereocenters. The van der Waals surface area contributed by atoms with Crippen molar-refractivity contribution in [1.29, 1.82) is 0 Å². The second-order valence-corrected chi connectivity index (χ2v) is 6.79. The molecule has 0 bridgehead atoms. The molecule has 2 heterocycles. The molecule has 2 saturated heterocycles. The van der Waals surface area contributed by atoms with Gasteiger partial charge in [0.05, 0.1) is 11.8 Å². The van der Waals surface area contributed by atoms with Crippen LogP contribution in [0.15, 0.2) is 12.2 Å². The minimum Gasteiger partial charge on any atom is -0.340 e. The third-order valence-electron chi connectivity index (χ3n) is 5.19. The van der Waals surface area contributed by atoms with Gasteiger partial charge >= 0.3 is 0 Å². The number of nitrogens with zero attached hydrogens (tertiary/aromatic N) is 4. The largest absolute Gasteiger partial charge is 0.340 e. The fourth-order valence-corrected chi connectivity index (χ4v) is 3.36. The summed E-state index contributed by atoms with van der Waals surface area (Å²) in [5.41, 5.74) is 0.813. The Morgan fingerprint density at radius 2 is 1.09 bits per heavy atom. The first kappa shape index (κ1) is 15.5. The average molecular weight is 306 g/mol. The molecule has 2 amide bonds. The molecule has 0 aromatic rings. The molecule has 1 aliphatic carbocycles. The lowest BCUT2D eigenvalue weighted by Crippen LogP contribution is -2.49. The maximum atomic E-state index is 12.6. The molecular formula is C16H26N4O2. The minimum absolute atomic E-state index is 0.102. The van der Waals surface area contributed by atoms with Gasteiger partial charge in [-0.25, -0.2) is 0 Å². The van der Waals surface area contributed by atoms with Crippen molar-refractivity contribution < 1.29 is 9.59 Å². The highest BCUT2D eigenvalue weighted by Gasteiger charge is 2.55. The van der Waals surface area contributed by atoms with Gasteiger partial charge in [0, 0.05) is 52.4 Å². The van der Waals surface area contributed by atoms with E-state index in [9.17, 15) is 9.59 Å². The third-order valence-corrected chi connectivity index (χ3v) is 5.19. The number of piperazine rings is 2. The second kappa shape index (κ2) is 6.01. The lowest BCUT2D eigenvalue weighted by molar-refractivity contribution is -0.139. The van der Waals surface area contributed by atoms with Gasteiger partial charge in [-0.05, 0) is 14.1 Å². The van der Waals surface area contributed by atoms with Gasteiger partial charge in [-0.2, -0.15) is 0 Å². The van der Waals surface area contributed by atoms with Crippen molar-refractivity contribution in [2.24, 2.45) is 11.8 Å². The van der Waals surface area contributed by atoms with E-state index in [1.807, 2.05) is 9.80 Å². The molecule has 0 spiro atoms. The zero-order valence-corrected chi connectivity index (χ0v) is 13.6. The molecule has 0 N–H and O–H groups in total. The monoisotopic (exact) mass is 306 g/mol. The van der Waals surface area contributed by atoms with Gasteiger partial charge in [-0.3, -0.25) is 9.59 Å². The molecule has 0 aromatic heterocycles. The minimum atomic E-state index is -0.268. The first-order chi connectivity index (χ1) is 10.5. The molecule has 0 aromatic carbocycles. The van der Waals surface area contributed by atoms with E-state index < -0.39 is 0 Å². The van der Waals surface area contributed by atoms with Crippen LogP contribution in [-0.4, -0.2) is 97.9 Å². The summed E-state index contributed by atoms with van der Waals surface area (Å²) in [6, 6.07) is 0. The summed E-state index contributed by atoms with van der Waals surface area (Å²) < 4.78 is 0. The Balaban J connectivity index is 1.57. The summed E-state index contributed by atoms with van der Waals surface area (Å²) >= 11 is 0. The van der Waals surface area contributed by atoms with Crippen LogP contribution in [0.5, 0.6) is 0 Å². The van der Waals surface area contributed by atoms with Crippen LogP contribution in [0.2, 0.25) is 0 Å². The average Bonchev–Trinajstić information content (AvgIpc) is 3.18. The highest BCUT2D eigenvalue weighted by atomic mass is 16.2. The van der Waals surface area contributed by atoms with Gasteiger partial charge in [-0.1, -0.05) is 12.2 Å². The number of rotatable bonds is 2. The lowest BCUT2D eigenvalue weighted by atomic mass is 10.2. The van der Waals surface area contributed by atoms with Crippen LogP contribution < -0.4 is 0 Å². The molecule has 3 aliphatic rings. The second-order valence-electron chi connectivity index (χ2n) is 6.79. The normalized spacial score (nSPS) is 30.5. The Labute approximate surface area is 132 Å². The van der Waals surface area contributed by atoms with E-state index in [1.54, 1.807) is 0 Å². The van der Waals surface area contributed by atoms with E-state index in [4.69, 9.17) is 0 Å². The molecule has 22 heavy (non-hydrogen) atoms. The van der Waals surface area contributed by atoms with E-state index in [0.717, 1.165) is 57.9 Å². The zero-order valence-electron chi connectivity index (χ0n) is 13.6. The molecule has 0 radical (unpaired) electrons. The first-order valence-electron chi connectivity index (χ1n) is 8.12. The summed E-state index contributed by atoms with van der Waals surface area (Å²) in [5, 5.41) is 0. The third kappa shape index (κ3) is 2.90. The van der Waals surface area contributed by atoms with Crippen LogP contribution >= 0.6 is 0 Å². The number of hydrogen-bond acceptors (Lipinski definition) is 4. The maximum Gasteiger partial charge on any atom is 0.231 e. The van der Waals surface area contributed by atoms with Crippen molar-refractivity contribution >= 4 is 11.8 Å². The van der Waals surface area contributed by atoms with Gasteiger partial charge in [0.25, 0.3) is 0 Å². The van der Waals surface area contributed by atoms with Crippen molar-refractivity contribution in [1.82, 2.24) is 19.6 Å². The molecule has 1 unspecified atom stereocenters. The summed E-state index contributed by atoms with van der Waals surface area (Å²) in [4.78, 5) is 33.4. The Morgan fingerprint density at radius 3 is 1.41 bits per heavy atom. The van der Waals surface area contributed by atoms with Gasteiger partial charge < -0.3 is 19.6 Å². The molecule has 6 heteroatoms. The van der Waals surface area contributed by atoms with Crippen molar-refractivity contribution in [2.45, 2.75) is 0 Å². The summed E-state index contributed by atoms with van der Waals surface area (Å²) in [5.74, 6) is -0.331. The Kier molecular flexibility index (Phi) is 4.23. The molecule has 2 aliphatic heterocycles. The molecule has 122 valence electrons. The quantitative estimate of drug-likeness (QED) is 0.635. The first-order valence-corrected chi connectivity index (χ1v) is 8.12. The fourth-order valence-electron chi connectivity index (χ4n) is 3.36. The van der Waals surface area contributed by atoms with E-state index in [1.165, 1.54) is 0 Å². The van der Waals surface area contributed by atoms with Crippen LogP contribution in [0, 0.1) is 11.8 Å². The number of hydrogen-bond donors (Lipinski definition) is 0. The lowest BCUT2D eigenvalue weighted by Gasteiger charge is -2.33. The van der Waals surface area contributed by atoms with Crippen LogP contribution in [-0.2, 0) is 9.59 Å².